The summed E-state index contributed by atoms with van der Waals surface area (Å²) in [5.41, 5.74) is 0.700. The molecule has 2 amide bonds. The van der Waals surface area contributed by atoms with Crippen LogP contribution in [0.15, 0.2) is 34.9 Å². The molecule has 1 saturated heterocycles. The van der Waals surface area contributed by atoms with Crippen molar-refractivity contribution in [2.24, 2.45) is 11.3 Å². The Bertz CT molecular complexity index is 1100. The van der Waals surface area contributed by atoms with Crippen molar-refractivity contribution < 1.29 is 36.8 Å². The van der Waals surface area contributed by atoms with Crippen LogP contribution in [-0.2, 0) is 26.9 Å². The number of aromatic nitrogens is 2. The van der Waals surface area contributed by atoms with E-state index < -0.39 is 41.5 Å². The molecule has 0 spiro atoms. The number of nitrogens with one attached hydrogen (secondary N) is 1. The van der Waals surface area contributed by atoms with Crippen molar-refractivity contribution in [1.82, 2.24) is 20.4 Å². The van der Waals surface area contributed by atoms with Crippen LogP contribution in [0.3, 0.4) is 0 Å². The largest absolute Gasteiger partial charge is 0.471 e. The number of ether oxygens (including phenoxy) is 1. The molecule has 0 aliphatic carbocycles. The lowest BCUT2D eigenvalue weighted by Gasteiger charge is -2.32. The van der Waals surface area contributed by atoms with Crippen molar-refractivity contribution in [3.63, 3.8) is 0 Å². The van der Waals surface area contributed by atoms with Crippen molar-refractivity contribution in [2.75, 3.05) is 26.3 Å². The van der Waals surface area contributed by atoms with Crippen LogP contribution in [0.5, 0.6) is 0 Å². The summed E-state index contributed by atoms with van der Waals surface area (Å²) >= 11 is 0. The van der Waals surface area contributed by atoms with Crippen LogP contribution in [0.1, 0.15) is 62.1 Å². The van der Waals surface area contributed by atoms with Crippen molar-refractivity contribution in [3.8, 4) is 0 Å². The van der Waals surface area contributed by atoms with Crippen molar-refractivity contribution in [1.29, 1.82) is 0 Å². The molecule has 0 saturated carbocycles. The summed E-state index contributed by atoms with van der Waals surface area (Å²) in [4.78, 5) is 44.1. The lowest BCUT2D eigenvalue weighted by Crippen LogP contribution is -2.47. The summed E-state index contributed by atoms with van der Waals surface area (Å²) in [6, 6.07) is 8.56. The summed E-state index contributed by atoms with van der Waals surface area (Å²) < 4.78 is 48.0. The first-order chi connectivity index (χ1) is 17.9. The van der Waals surface area contributed by atoms with Gasteiger partial charge >= 0.3 is 12.1 Å². The van der Waals surface area contributed by atoms with Gasteiger partial charge in [0.25, 0.3) is 0 Å². The van der Waals surface area contributed by atoms with Crippen LogP contribution in [0.4, 0.5) is 13.2 Å². The van der Waals surface area contributed by atoms with Gasteiger partial charge in [0.15, 0.2) is 0 Å². The third-order valence-electron chi connectivity index (χ3n) is 6.41. The van der Waals surface area contributed by atoms with Crippen LogP contribution < -0.4 is 5.32 Å². The molecule has 0 radical (unpaired) electrons. The number of rotatable bonds is 11. The normalized spacial score (nSPS) is 16.1. The molecule has 1 fully saturated rings. The SMILES string of the molecule is CC[C@@H](NC(=O)[C@H](CC(=O)N1CCOCC1)CC(C)(C)Cc1ccccc1)C(=O)c1noc(C(F)(F)F)n1. The van der Waals surface area contributed by atoms with Gasteiger partial charge in [-0.15, -0.1) is 0 Å². The zero-order chi connectivity index (χ0) is 27.9. The van der Waals surface area contributed by atoms with E-state index >= 15 is 0 Å². The minimum Gasteiger partial charge on any atom is -0.378 e. The van der Waals surface area contributed by atoms with E-state index in [-0.39, 0.29) is 24.2 Å². The lowest BCUT2D eigenvalue weighted by molar-refractivity contribution is -0.159. The number of hydrogen-bond donors (Lipinski definition) is 1. The van der Waals surface area contributed by atoms with Crippen molar-refractivity contribution >= 4 is 17.6 Å². The standard InChI is InChI=1S/C26H33F3N4O5/c1-4-19(21(35)22-31-24(38-32-22)26(27,28)29)30-23(36)18(14-20(34)33-10-12-37-13-11-33)16-25(2,3)15-17-8-6-5-7-9-17/h5-9,18-19H,4,10-16H2,1-3H3,(H,30,36)/t18-,19-/m1/s1. The molecule has 1 aliphatic heterocycles. The maximum absolute atomic E-state index is 13.5. The highest BCUT2D eigenvalue weighted by atomic mass is 19.4. The molecule has 12 heteroatoms. The third kappa shape index (κ3) is 8.11. The van der Waals surface area contributed by atoms with Crippen molar-refractivity contribution in [3.05, 3.63) is 47.6 Å². The van der Waals surface area contributed by atoms with Crippen LogP contribution in [-0.4, -0.2) is 65.0 Å². The highest BCUT2D eigenvalue weighted by molar-refractivity contribution is 5.99. The average molecular weight is 539 g/mol. The fourth-order valence-corrected chi connectivity index (χ4v) is 4.53. The molecule has 2 aromatic rings. The third-order valence-corrected chi connectivity index (χ3v) is 6.41. The van der Waals surface area contributed by atoms with Gasteiger partial charge in [0.05, 0.1) is 19.3 Å². The van der Waals surface area contributed by atoms with Gasteiger partial charge in [0, 0.05) is 25.4 Å². The van der Waals surface area contributed by atoms with Crippen LogP contribution in [0, 0.1) is 11.3 Å². The molecule has 1 N–H and O–H groups in total. The summed E-state index contributed by atoms with van der Waals surface area (Å²) in [7, 11) is 0. The Hall–Kier alpha value is -3.28. The molecular weight excluding hydrogens is 505 g/mol. The van der Waals surface area contributed by atoms with E-state index in [2.05, 4.69) is 20.0 Å². The molecule has 2 heterocycles. The predicted octanol–water partition coefficient (Wildman–Crippen LogP) is 3.69. The van der Waals surface area contributed by atoms with Crippen molar-refractivity contribution in [2.45, 2.75) is 58.7 Å². The van der Waals surface area contributed by atoms with Gasteiger partial charge in [-0.1, -0.05) is 56.3 Å². The number of benzene rings is 1. The van der Waals surface area contributed by atoms with Gasteiger partial charge in [0.2, 0.25) is 23.4 Å². The number of Topliss-reactive ketones (excluding diaryl/α,β-unsaturated/α-hetero) is 1. The molecule has 0 unspecified atom stereocenters. The minimum atomic E-state index is -4.90. The van der Waals surface area contributed by atoms with Gasteiger partial charge < -0.3 is 19.5 Å². The fourth-order valence-electron chi connectivity index (χ4n) is 4.53. The highest BCUT2D eigenvalue weighted by Gasteiger charge is 2.40. The lowest BCUT2D eigenvalue weighted by atomic mass is 9.76. The fraction of sp³-hybridized carbons (Fsp3) is 0.577. The number of hydrogen-bond acceptors (Lipinski definition) is 7. The molecule has 3 rings (SSSR count). The number of alkyl halides is 3. The molecule has 1 aromatic heterocycles. The Labute approximate surface area is 219 Å². The number of carbonyl (C=O) groups is 3. The molecule has 0 bridgehead atoms. The second-order valence-electron chi connectivity index (χ2n) is 10.2. The van der Waals surface area contributed by atoms with Gasteiger partial charge in [-0.05, 0) is 30.2 Å². The van der Waals surface area contributed by atoms with E-state index in [1.54, 1.807) is 11.8 Å². The maximum Gasteiger partial charge on any atom is 0.471 e. The second-order valence-corrected chi connectivity index (χ2v) is 10.2. The summed E-state index contributed by atoms with van der Waals surface area (Å²) in [6.07, 6.45) is -3.89. The Morgan fingerprint density at radius 2 is 1.76 bits per heavy atom. The van der Waals surface area contributed by atoms with Crippen LogP contribution in [0.2, 0.25) is 0 Å². The number of morpholine rings is 1. The summed E-state index contributed by atoms with van der Waals surface area (Å²) in [5.74, 6) is -4.82. The number of carbonyl (C=O) groups excluding carboxylic acids is 3. The molecule has 9 nitrogen and oxygen atoms in total. The van der Waals surface area contributed by atoms with E-state index in [0.717, 1.165) is 5.56 Å². The van der Waals surface area contributed by atoms with Gasteiger partial charge in [-0.25, -0.2) is 0 Å². The van der Waals surface area contributed by atoms with E-state index in [1.165, 1.54) is 0 Å². The number of amides is 2. The maximum atomic E-state index is 13.5. The smallest absolute Gasteiger partial charge is 0.378 e. The first kappa shape index (κ1) is 29.3. The minimum absolute atomic E-state index is 0.0743. The zero-order valence-corrected chi connectivity index (χ0v) is 21.7. The average Bonchev–Trinajstić information content (AvgIpc) is 3.38. The van der Waals surface area contributed by atoms with Gasteiger partial charge in [-0.2, -0.15) is 18.2 Å². The Morgan fingerprint density at radius 3 is 2.34 bits per heavy atom. The molecule has 2 atom stereocenters. The second kappa shape index (κ2) is 12.5. The molecular formula is C26H33F3N4O5. The van der Waals surface area contributed by atoms with E-state index in [9.17, 15) is 27.6 Å². The Balaban J connectivity index is 1.76. The topological polar surface area (TPSA) is 115 Å². The van der Waals surface area contributed by atoms with E-state index in [0.29, 0.717) is 39.1 Å². The monoisotopic (exact) mass is 538 g/mol. The van der Waals surface area contributed by atoms with Crippen LogP contribution in [0.25, 0.3) is 0 Å². The molecule has 208 valence electrons. The Morgan fingerprint density at radius 1 is 1.11 bits per heavy atom. The zero-order valence-electron chi connectivity index (χ0n) is 21.7. The van der Waals surface area contributed by atoms with Gasteiger partial charge in [-0.3, -0.25) is 14.4 Å². The van der Waals surface area contributed by atoms with E-state index in [1.807, 2.05) is 44.2 Å². The first-order valence-electron chi connectivity index (χ1n) is 12.5. The summed E-state index contributed by atoms with van der Waals surface area (Å²) in [5, 5.41) is 5.76. The summed E-state index contributed by atoms with van der Waals surface area (Å²) in [6.45, 7) is 7.28. The molecule has 1 aromatic carbocycles. The molecule has 1 aliphatic rings. The number of ketones is 1. The van der Waals surface area contributed by atoms with Crippen LogP contribution >= 0.6 is 0 Å². The number of halogens is 3. The number of nitrogens with zero attached hydrogens (tertiary/aromatic N) is 3. The predicted molar refractivity (Wildman–Crippen MR) is 130 cm³/mol. The molecule has 38 heavy (non-hydrogen) atoms. The Kier molecular flexibility index (Phi) is 9.64. The van der Waals surface area contributed by atoms with Gasteiger partial charge in [0.1, 0.15) is 0 Å². The first-order valence-corrected chi connectivity index (χ1v) is 12.5. The quantitative estimate of drug-likeness (QED) is 0.434. The highest BCUT2D eigenvalue weighted by Crippen LogP contribution is 2.32. The van der Waals surface area contributed by atoms with E-state index in [4.69, 9.17) is 4.74 Å².